The number of carbonyl (C=O) groups excluding carboxylic acids is 2. The molecule has 1 aromatic heterocycles. The fraction of sp³-hybridized carbons (Fsp3) is 0.217. The summed E-state index contributed by atoms with van der Waals surface area (Å²) in [7, 11) is 3.13. The fourth-order valence-electron chi connectivity index (χ4n) is 3.29. The van der Waals surface area contributed by atoms with Crippen LogP contribution in [0.3, 0.4) is 0 Å². The molecule has 1 saturated heterocycles. The summed E-state index contributed by atoms with van der Waals surface area (Å²) in [4.78, 5) is 31.7. The van der Waals surface area contributed by atoms with Crippen molar-refractivity contribution in [1.29, 1.82) is 0 Å². The van der Waals surface area contributed by atoms with Gasteiger partial charge >= 0.3 is 0 Å². The highest BCUT2D eigenvalue weighted by Gasteiger charge is 2.31. The Balaban J connectivity index is 1.33. The molecule has 0 aliphatic carbocycles. The van der Waals surface area contributed by atoms with Gasteiger partial charge in [-0.25, -0.2) is 4.98 Å². The number of nitrogens with zero attached hydrogens (tertiary/aromatic N) is 2. The van der Waals surface area contributed by atoms with Crippen molar-refractivity contribution in [2.75, 3.05) is 26.1 Å². The highest BCUT2D eigenvalue weighted by Crippen LogP contribution is 2.35. The third-order valence-electron chi connectivity index (χ3n) is 4.90. The molecular weight excluding hydrogens is 478 g/mol. The molecule has 1 aliphatic heterocycles. The molecule has 4 rings (SSSR count). The predicted molar refractivity (Wildman–Crippen MR) is 137 cm³/mol. The summed E-state index contributed by atoms with van der Waals surface area (Å²) in [5, 5.41) is 3.41. The molecule has 2 heterocycles. The van der Waals surface area contributed by atoms with E-state index in [0.29, 0.717) is 38.8 Å². The van der Waals surface area contributed by atoms with Gasteiger partial charge in [-0.05, 0) is 42.3 Å². The Hall–Kier alpha value is -2.95. The molecular formula is C23H21N3O4S3. The number of thioether (sulfide) groups is 1. The lowest BCUT2D eigenvalue weighted by Crippen LogP contribution is -2.29. The summed E-state index contributed by atoms with van der Waals surface area (Å²) >= 11 is 8.08. The first-order chi connectivity index (χ1) is 16.0. The first-order valence-corrected chi connectivity index (χ1v) is 12.2. The van der Waals surface area contributed by atoms with Gasteiger partial charge in [0, 0.05) is 13.0 Å². The van der Waals surface area contributed by atoms with Crippen molar-refractivity contribution in [3.63, 3.8) is 0 Å². The number of anilines is 1. The Labute approximate surface area is 204 Å². The number of thiocarbonyl (C=S) groups is 1. The van der Waals surface area contributed by atoms with Crippen molar-refractivity contribution >= 4 is 72.9 Å². The second-order valence-electron chi connectivity index (χ2n) is 7.09. The Bertz CT molecular complexity index is 1220. The first kappa shape index (κ1) is 23.2. The monoisotopic (exact) mass is 499 g/mol. The smallest absolute Gasteiger partial charge is 0.266 e. The number of amides is 2. The predicted octanol–water partition coefficient (Wildman–Crippen LogP) is 4.93. The third kappa shape index (κ3) is 5.35. The number of rotatable bonds is 8. The molecule has 0 atom stereocenters. The van der Waals surface area contributed by atoms with Crippen LogP contribution in [0.4, 0.5) is 5.13 Å². The number of benzene rings is 2. The number of methoxy groups -OCH3 is 2. The van der Waals surface area contributed by atoms with Gasteiger partial charge in [0.2, 0.25) is 5.91 Å². The average Bonchev–Trinajstić information content (AvgIpc) is 3.33. The molecule has 0 spiro atoms. The number of nitrogens with one attached hydrogen (secondary N) is 1. The zero-order chi connectivity index (χ0) is 23.4. The maximum Gasteiger partial charge on any atom is 0.266 e. The van der Waals surface area contributed by atoms with E-state index in [1.807, 2.05) is 30.3 Å². The quantitative estimate of drug-likeness (QED) is 0.348. The van der Waals surface area contributed by atoms with Gasteiger partial charge in [0.15, 0.2) is 16.6 Å². The number of ether oxygens (including phenoxy) is 2. The molecule has 0 bridgehead atoms. The first-order valence-electron chi connectivity index (χ1n) is 10.1. The van der Waals surface area contributed by atoms with Crippen molar-refractivity contribution in [3.8, 4) is 11.5 Å². The largest absolute Gasteiger partial charge is 0.493 e. The minimum atomic E-state index is -0.161. The molecule has 170 valence electrons. The zero-order valence-corrected chi connectivity index (χ0v) is 20.4. The van der Waals surface area contributed by atoms with Gasteiger partial charge in [0.1, 0.15) is 4.32 Å². The van der Waals surface area contributed by atoms with Crippen molar-refractivity contribution < 1.29 is 19.1 Å². The van der Waals surface area contributed by atoms with Gasteiger partial charge in [-0.2, -0.15) is 0 Å². The SMILES string of the molecule is COc1ccc(/C=C2\SC(=S)N(CCCC(=O)Nc3nc4ccccc4s3)C2=O)cc1OC. The molecule has 3 aromatic rings. The minimum absolute atomic E-state index is 0.139. The van der Waals surface area contributed by atoms with E-state index in [1.165, 1.54) is 28.0 Å². The van der Waals surface area contributed by atoms with Gasteiger partial charge in [-0.3, -0.25) is 14.5 Å². The van der Waals surface area contributed by atoms with Crippen LogP contribution in [0.2, 0.25) is 0 Å². The molecule has 1 N–H and O–H groups in total. The summed E-state index contributed by atoms with van der Waals surface area (Å²) < 4.78 is 12.1. The van der Waals surface area contributed by atoms with E-state index in [4.69, 9.17) is 21.7 Å². The van der Waals surface area contributed by atoms with E-state index < -0.39 is 0 Å². The highest BCUT2D eigenvalue weighted by atomic mass is 32.2. The number of fused-ring (bicyclic) bond motifs is 1. The molecule has 0 unspecified atom stereocenters. The van der Waals surface area contributed by atoms with Crippen molar-refractivity contribution in [3.05, 3.63) is 52.9 Å². The molecule has 10 heteroatoms. The summed E-state index contributed by atoms with van der Waals surface area (Å²) in [6.45, 7) is 0.376. The molecule has 2 aromatic carbocycles. The molecule has 33 heavy (non-hydrogen) atoms. The number of carbonyl (C=O) groups is 2. The Morgan fingerprint density at radius 2 is 1.97 bits per heavy atom. The summed E-state index contributed by atoms with van der Waals surface area (Å²) in [6, 6.07) is 13.2. The van der Waals surface area contributed by atoms with E-state index in [1.54, 1.807) is 32.4 Å². The van der Waals surface area contributed by atoms with Gasteiger partial charge in [-0.1, -0.05) is 53.5 Å². The van der Waals surface area contributed by atoms with Gasteiger partial charge in [0.05, 0.1) is 29.3 Å². The van der Waals surface area contributed by atoms with E-state index in [2.05, 4.69) is 10.3 Å². The topological polar surface area (TPSA) is 80.8 Å². The molecule has 1 aliphatic rings. The Kier molecular flexibility index (Phi) is 7.26. The number of hydrogen-bond acceptors (Lipinski definition) is 8. The summed E-state index contributed by atoms with van der Waals surface area (Å²) in [5.74, 6) is 0.902. The normalized spacial score (nSPS) is 14.8. The van der Waals surface area contributed by atoms with Gasteiger partial charge in [-0.15, -0.1) is 0 Å². The van der Waals surface area contributed by atoms with Crippen LogP contribution >= 0.6 is 35.3 Å². The molecule has 0 saturated carbocycles. The van der Waals surface area contributed by atoms with Crippen molar-refractivity contribution in [1.82, 2.24) is 9.88 Å². The standard InChI is InChI=1S/C23H21N3O4S3/c1-29-16-10-9-14(12-17(16)30-2)13-19-21(28)26(23(31)33-19)11-5-8-20(27)25-22-24-15-6-3-4-7-18(15)32-22/h3-4,6-7,9-10,12-13H,5,8,11H2,1-2H3,(H,24,25,27)/b19-13-. The second kappa shape index (κ2) is 10.3. The number of hydrogen-bond donors (Lipinski definition) is 1. The molecule has 2 amide bonds. The lowest BCUT2D eigenvalue weighted by Gasteiger charge is -2.13. The van der Waals surface area contributed by atoms with Gasteiger partial charge < -0.3 is 14.8 Å². The summed E-state index contributed by atoms with van der Waals surface area (Å²) in [6.07, 6.45) is 2.54. The van der Waals surface area contributed by atoms with Crippen LogP contribution in [-0.4, -0.2) is 46.8 Å². The number of para-hydroxylation sites is 1. The van der Waals surface area contributed by atoms with E-state index in [0.717, 1.165) is 15.8 Å². The average molecular weight is 500 g/mol. The van der Waals surface area contributed by atoms with E-state index in [9.17, 15) is 9.59 Å². The minimum Gasteiger partial charge on any atom is -0.493 e. The fourth-order valence-corrected chi connectivity index (χ4v) is 5.48. The van der Waals surface area contributed by atoms with Crippen molar-refractivity contribution in [2.45, 2.75) is 12.8 Å². The highest BCUT2D eigenvalue weighted by molar-refractivity contribution is 8.26. The van der Waals surface area contributed by atoms with Gasteiger partial charge in [0.25, 0.3) is 5.91 Å². The summed E-state index contributed by atoms with van der Waals surface area (Å²) in [5.41, 5.74) is 1.67. The Morgan fingerprint density at radius 3 is 2.73 bits per heavy atom. The maximum atomic E-state index is 12.8. The third-order valence-corrected chi connectivity index (χ3v) is 7.23. The lowest BCUT2D eigenvalue weighted by molar-refractivity contribution is -0.122. The lowest BCUT2D eigenvalue weighted by atomic mass is 10.2. The van der Waals surface area contributed by atoms with Crippen molar-refractivity contribution in [2.24, 2.45) is 0 Å². The Morgan fingerprint density at radius 1 is 1.18 bits per heavy atom. The molecule has 1 fully saturated rings. The maximum absolute atomic E-state index is 12.8. The van der Waals surface area contributed by atoms with Crippen LogP contribution in [0, 0.1) is 0 Å². The second-order valence-corrected chi connectivity index (χ2v) is 9.79. The van der Waals surface area contributed by atoms with E-state index >= 15 is 0 Å². The van der Waals surface area contributed by atoms with E-state index in [-0.39, 0.29) is 18.2 Å². The van der Waals surface area contributed by atoms with Crippen LogP contribution in [0.1, 0.15) is 18.4 Å². The van der Waals surface area contributed by atoms with Crippen LogP contribution in [0.5, 0.6) is 11.5 Å². The number of thiazole rings is 1. The number of aromatic nitrogens is 1. The molecule has 7 nitrogen and oxygen atoms in total. The van der Waals surface area contributed by atoms with Crippen LogP contribution in [0.25, 0.3) is 16.3 Å². The molecule has 0 radical (unpaired) electrons. The van der Waals surface area contributed by atoms with Crippen LogP contribution < -0.4 is 14.8 Å². The van der Waals surface area contributed by atoms with Crippen LogP contribution in [-0.2, 0) is 9.59 Å². The van der Waals surface area contributed by atoms with Crippen LogP contribution in [0.15, 0.2) is 47.4 Å². The zero-order valence-electron chi connectivity index (χ0n) is 18.0.